The van der Waals surface area contributed by atoms with Crippen molar-refractivity contribution in [2.75, 3.05) is 10.8 Å². The van der Waals surface area contributed by atoms with Crippen molar-refractivity contribution in [1.82, 2.24) is 4.72 Å². The van der Waals surface area contributed by atoms with Crippen LogP contribution in [-0.2, 0) is 10.0 Å². The van der Waals surface area contributed by atoms with Gasteiger partial charge in [0.2, 0.25) is 10.0 Å². The molecule has 0 aliphatic rings. The largest absolute Gasteiger partial charge is 0.213 e. The van der Waals surface area contributed by atoms with Gasteiger partial charge in [0.15, 0.2) is 0 Å². The molecule has 0 bridgehead atoms. The average Bonchev–Trinajstić information content (AvgIpc) is 1.30. The Morgan fingerprint density at radius 1 is 1.71 bits per heavy atom. The van der Waals surface area contributed by atoms with Crippen molar-refractivity contribution < 1.29 is 8.42 Å². The van der Waals surface area contributed by atoms with Crippen molar-refractivity contribution in [3.8, 4) is 0 Å². The van der Waals surface area contributed by atoms with Crippen LogP contribution in [0.15, 0.2) is 0 Å². The Bertz CT molecular complexity index is 129. The highest BCUT2D eigenvalue weighted by molar-refractivity contribution is 14.1. The number of rotatable bonds is 2. The van der Waals surface area contributed by atoms with Gasteiger partial charge in [-0.25, -0.2) is 13.1 Å². The van der Waals surface area contributed by atoms with Gasteiger partial charge in [0, 0.05) is 0 Å². The molecular weight excluding hydrogens is 229 g/mol. The summed E-state index contributed by atoms with van der Waals surface area (Å²) in [4.78, 5) is 0. The molecule has 0 aromatic rings. The van der Waals surface area contributed by atoms with E-state index < -0.39 is 10.0 Å². The van der Waals surface area contributed by atoms with Crippen LogP contribution in [-0.4, -0.2) is 19.2 Å². The third kappa shape index (κ3) is 6.64. The molecule has 0 saturated carbocycles. The summed E-state index contributed by atoms with van der Waals surface area (Å²) in [6, 6.07) is 0. The van der Waals surface area contributed by atoms with E-state index >= 15 is 0 Å². The second-order valence-electron chi connectivity index (χ2n) is 1.05. The highest BCUT2D eigenvalue weighted by atomic mass is 127. The second-order valence-corrected chi connectivity index (χ2v) is 3.65. The SMILES string of the molecule is CS(=O)(=O)NCI. The fourth-order valence-corrected chi connectivity index (χ4v) is 1.99. The van der Waals surface area contributed by atoms with Crippen molar-refractivity contribution in [3.63, 3.8) is 0 Å². The number of sulfonamides is 1. The lowest BCUT2D eigenvalue weighted by Crippen LogP contribution is -2.19. The van der Waals surface area contributed by atoms with E-state index in [-0.39, 0.29) is 0 Å². The van der Waals surface area contributed by atoms with Crippen LogP contribution >= 0.6 is 22.6 Å². The van der Waals surface area contributed by atoms with Gasteiger partial charge >= 0.3 is 0 Å². The molecule has 0 fully saturated rings. The van der Waals surface area contributed by atoms with Crippen LogP contribution in [0.25, 0.3) is 0 Å². The molecule has 0 radical (unpaired) electrons. The molecule has 0 atom stereocenters. The number of halogens is 1. The Balaban J connectivity index is 3.60. The van der Waals surface area contributed by atoms with Gasteiger partial charge in [0.05, 0.1) is 10.8 Å². The molecule has 44 valence electrons. The maximum Gasteiger partial charge on any atom is 0.209 e. The van der Waals surface area contributed by atoms with Crippen molar-refractivity contribution >= 4 is 32.6 Å². The quantitative estimate of drug-likeness (QED) is 0.413. The fourth-order valence-electron chi connectivity index (χ4n) is 0.0991. The zero-order chi connectivity index (χ0) is 5.91. The smallest absolute Gasteiger partial charge is 0.209 e. The zero-order valence-corrected chi connectivity index (χ0v) is 6.78. The van der Waals surface area contributed by atoms with E-state index in [1.807, 2.05) is 22.6 Å². The third-order valence-electron chi connectivity index (χ3n) is 0.317. The van der Waals surface area contributed by atoms with E-state index in [0.717, 1.165) is 6.26 Å². The molecule has 0 saturated heterocycles. The van der Waals surface area contributed by atoms with Gasteiger partial charge < -0.3 is 0 Å². The van der Waals surface area contributed by atoms with Crippen LogP contribution in [0.5, 0.6) is 0 Å². The Kier molecular flexibility index (Phi) is 3.09. The summed E-state index contributed by atoms with van der Waals surface area (Å²) in [6.45, 7) is 0. The Morgan fingerprint density at radius 2 is 2.14 bits per heavy atom. The van der Waals surface area contributed by atoms with E-state index in [2.05, 4.69) is 4.72 Å². The van der Waals surface area contributed by atoms with Crippen LogP contribution in [0, 0.1) is 0 Å². The summed E-state index contributed by atoms with van der Waals surface area (Å²) in [5.41, 5.74) is 0. The number of hydrogen-bond acceptors (Lipinski definition) is 2. The maximum absolute atomic E-state index is 10.1. The van der Waals surface area contributed by atoms with Crippen LogP contribution in [0.1, 0.15) is 0 Å². The van der Waals surface area contributed by atoms with E-state index in [1.54, 1.807) is 0 Å². The van der Waals surface area contributed by atoms with Gasteiger partial charge in [0.25, 0.3) is 0 Å². The first-order valence-corrected chi connectivity index (χ1v) is 4.98. The van der Waals surface area contributed by atoms with Crippen molar-refractivity contribution in [1.29, 1.82) is 0 Å². The minimum Gasteiger partial charge on any atom is -0.213 e. The lowest BCUT2D eigenvalue weighted by Gasteiger charge is -1.90. The van der Waals surface area contributed by atoms with Gasteiger partial charge in [-0.1, -0.05) is 22.6 Å². The molecule has 3 nitrogen and oxygen atoms in total. The summed E-state index contributed by atoms with van der Waals surface area (Å²) >= 11 is 1.92. The summed E-state index contributed by atoms with van der Waals surface area (Å²) in [6.07, 6.45) is 1.13. The highest BCUT2D eigenvalue weighted by Crippen LogP contribution is 1.77. The molecule has 0 aromatic carbocycles. The first-order chi connectivity index (χ1) is 3.06. The molecule has 1 N–H and O–H groups in total. The first kappa shape index (κ1) is 7.64. The van der Waals surface area contributed by atoms with Crippen LogP contribution in [0.2, 0.25) is 0 Å². The molecule has 5 heteroatoms. The molecule has 0 aromatic heterocycles. The third-order valence-corrected chi connectivity index (χ3v) is 1.88. The Labute approximate surface area is 56.7 Å². The van der Waals surface area contributed by atoms with Gasteiger partial charge in [-0.05, 0) is 0 Å². The molecule has 0 aliphatic heterocycles. The zero-order valence-electron chi connectivity index (χ0n) is 3.81. The highest BCUT2D eigenvalue weighted by Gasteiger charge is 1.93. The van der Waals surface area contributed by atoms with Gasteiger partial charge in [-0.2, -0.15) is 0 Å². The first-order valence-electron chi connectivity index (χ1n) is 1.57. The van der Waals surface area contributed by atoms with Crippen molar-refractivity contribution in [3.05, 3.63) is 0 Å². The minimum absolute atomic E-state index is 0.441. The molecule has 0 spiro atoms. The second kappa shape index (κ2) is 2.83. The molecule has 0 aliphatic carbocycles. The Hall–Kier alpha value is 0.640. The topological polar surface area (TPSA) is 46.2 Å². The number of hydrogen-bond donors (Lipinski definition) is 1. The van der Waals surface area contributed by atoms with E-state index in [0.29, 0.717) is 4.55 Å². The molecule has 0 amide bonds. The van der Waals surface area contributed by atoms with Crippen LogP contribution in [0.4, 0.5) is 0 Å². The average molecular weight is 235 g/mol. The normalized spacial score (nSPS) is 11.7. The van der Waals surface area contributed by atoms with E-state index in [9.17, 15) is 8.42 Å². The number of alkyl halides is 1. The predicted octanol–water partition coefficient (Wildman–Crippen LogP) is -0.0719. The van der Waals surface area contributed by atoms with E-state index in [1.165, 1.54) is 0 Å². The molecule has 7 heavy (non-hydrogen) atoms. The summed E-state index contributed by atoms with van der Waals surface area (Å²) in [5, 5.41) is 0. The Morgan fingerprint density at radius 3 is 2.14 bits per heavy atom. The monoisotopic (exact) mass is 235 g/mol. The van der Waals surface area contributed by atoms with Crippen molar-refractivity contribution in [2.24, 2.45) is 0 Å². The summed E-state index contributed by atoms with van der Waals surface area (Å²) in [5.74, 6) is 0. The van der Waals surface area contributed by atoms with Crippen LogP contribution < -0.4 is 4.72 Å². The molecular formula is C2H6INO2S. The van der Waals surface area contributed by atoms with Crippen molar-refractivity contribution in [2.45, 2.75) is 0 Å². The molecule has 0 rings (SSSR count). The summed E-state index contributed by atoms with van der Waals surface area (Å²) < 4.78 is 22.9. The molecule has 0 heterocycles. The summed E-state index contributed by atoms with van der Waals surface area (Å²) in [7, 11) is -2.93. The van der Waals surface area contributed by atoms with E-state index in [4.69, 9.17) is 0 Å². The standard InChI is InChI=1S/C2H6INO2S/c1-7(5,6)4-2-3/h4H,2H2,1H3. The fraction of sp³-hybridized carbons (Fsp3) is 1.00. The van der Waals surface area contributed by atoms with Gasteiger partial charge in [-0.15, -0.1) is 0 Å². The lowest BCUT2D eigenvalue weighted by molar-refractivity contribution is 0.594. The maximum atomic E-state index is 10.1. The lowest BCUT2D eigenvalue weighted by atomic mass is 11.6. The predicted molar refractivity (Wildman–Crippen MR) is 36.9 cm³/mol. The van der Waals surface area contributed by atoms with Gasteiger partial charge in [0.1, 0.15) is 0 Å². The van der Waals surface area contributed by atoms with Crippen LogP contribution in [0.3, 0.4) is 0 Å². The number of nitrogens with one attached hydrogen (secondary N) is 1. The minimum atomic E-state index is -2.93. The molecule has 0 unspecified atom stereocenters. The van der Waals surface area contributed by atoms with Gasteiger partial charge in [-0.3, -0.25) is 0 Å².